The Morgan fingerprint density at radius 2 is 1.78 bits per heavy atom. The van der Waals surface area contributed by atoms with Gasteiger partial charge < -0.3 is 10.2 Å². The number of carbonyl (C=O) groups is 2. The van der Waals surface area contributed by atoms with Gasteiger partial charge in [-0.1, -0.05) is 87.7 Å². The highest BCUT2D eigenvalue weighted by Crippen LogP contribution is 2.33. The Balaban J connectivity index is 1.48. The van der Waals surface area contributed by atoms with Gasteiger partial charge in [-0.3, -0.25) is 14.3 Å². The van der Waals surface area contributed by atoms with Gasteiger partial charge in [0.25, 0.3) is 5.91 Å². The summed E-state index contributed by atoms with van der Waals surface area (Å²) in [5, 5.41) is 8.11. The summed E-state index contributed by atoms with van der Waals surface area (Å²) in [4.78, 5) is 29.7. The van der Waals surface area contributed by atoms with E-state index in [0.717, 1.165) is 48.9 Å². The first-order valence-electron chi connectivity index (χ1n) is 13.7. The Morgan fingerprint density at radius 3 is 2.46 bits per heavy atom. The normalized spacial score (nSPS) is 20.9. The largest absolute Gasteiger partial charge is 0.351 e. The highest BCUT2D eigenvalue weighted by atomic mass is 16.2. The van der Waals surface area contributed by atoms with Crippen LogP contribution in [0, 0.1) is 0 Å². The Labute approximate surface area is 220 Å². The van der Waals surface area contributed by atoms with Crippen LogP contribution in [0.3, 0.4) is 0 Å². The molecule has 0 saturated heterocycles. The van der Waals surface area contributed by atoms with Gasteiger partial charge in [-0.25, -0.2) is 0 Å². The number of nitrogens with zero attached hydrogens (tertiary/aromatic N) is 3. The third kappa shape index (κ3) is 5.07. The molecule has 5 rings (SSSR count). The van der Waals surface area contributed by atoms with Gasteiger partial charge in [-0.05, 0) is 49.3 Å². The Kier molecular flexibility index (Phi) is 7.18. The Bertz CT molecular complexity index is 1240. The van der Waals surface area contributed by atoms with Crippen molar-refractivity contribution >= 4 is 11.8 Å². The van der Waals surface area contributed by atoms with Crippen molar-refractivity contribution in [2.24, 2.45) is 0 Å². The van der Waals surface area contributed by atoms with E-state index in [0.29, 0.717) is 18.8 Å². The van der Waals surface area contributed by atoms with Crippen LogP contribution >= 0.6 is 0 Å². The van der Waals surface area contributed by atoms with Crippen LogP contribution in [-0.4, -0.2) is 44.6 Å². The number of rotatable bonds is 7. The van der Waals surface area contributed by atoms with Crippen LogP contribution in [0.15, 0.2) is 60.7 Å². The van der Waals surface area contributed by atoms with E-state index in [9.17, 15) is 9.59 Å². The van der Waals surface area contributed by atoms with Crippen LogP contribution in [0.1, 0.15) is 80.4 Å². The molecule has 3 aromatic rings. The molecule has 6 heteroatoms. The molecule has 2 atom stereocenters. The van der Waals surface area contributed by atoms with E-state index in [1.165, 1.54) is 12.0 Å². The van der Waals surface area contributed by atoms with Gasteiger partial charge in [0, 0.05) is 18.2 Å². The topological polar surface area (TPSA) is 67.2 Å². The average Bonchev–Trinajstić information content (AvgIpc) is 3.36. The molecule has 2 heterocycles. The first kappa shape index (κ1) is 25.2. The number of carbonyl (C=O) groups excluding carboxylic acids is 2. The van der Waals surface area contributed by atoms with Gasteiger partial charge in [0.05, 0.1) is 12.2 Å². The summed E-state index contributed by atoms with van der Waals surface area (Å²) in [6.45, 7) is 6.95. The summed E-state index contributed by atoms with van der Waals surface area (Å²) in [6.07, 6.45) is 6.48. The second-order valence-electron chi connectivity index (χ2n) is 10.9. The van der Waals surface area contributed by atoms with E-state index in [2.05, 4.69) is 55.6 Å². The van der Waals surface area contributed by atoms with Crippen LogP contribution in [0.25, 0.3) is 11.3 Å². The number of aryl methyl sites for hydroxylation is 1. The monoisotopic (exact) mass is 498 g/mol. The first-order valence-corrected chi connectivity index (χ1v) is 13.7. The molecule has 6 nitrogen and oxygen atoms in total. The fourth-order valence-electron chi connectivity index (χ4n) is 5.73. The van der Waals surface area contributed by atoms with Gasteiger partial charge in [0.1, 0.15) is 11.2 Å². The lowest BCUT2D eigenvalue weighted by molar-refractivity contribution is -0.134. The number of benzene rings is 2. The number of hydrogen-bond donors (Lipinski definition) is 1. The molecule has 2 amide bonds. The number of nitrogens with one attached hydrogen (secondary N) is 1. The van der Waals surface area contributed by atoms with Crippen molar-refractivity contribution in [2.75, 3.05) is 6.54 Å². The van der Waals surface area contributed by atoms with Crippen molar-refractivity contribution < 1.29 is 9.59 Å². The molecule has 2 aliphatic rings. The zero-order valence-corrected chi connectivity index (χ0v) is 22.2. The molecule has 0 radical (unpaired) electrons. The van der Waals surface area contributed by atoms with E-state index in [1.807, 2.05) is 31.2 Å². The number of aromatic nitrogens is 2. The predicted octanol–water partition coefficient (Wildman–Crippen LogP) is 5.58. The van der Waals surface area contributed by atoms with Crippen LogP contribution in [0.4, 0.5) is 0 Å². The second-order valence-corrected chi connectivity index (χ2v) is 10.9. The Morgan fingerprint density at radius 1 is 1.08 bits per heavy atom. The van der Waals surface area contributed by atoms with E-state index in [1.54, 1.807) is 9.58 Å². The number of amides is 2. The lowest BCUT2D eigenvalue weighted by atomic mass is 9.90. The van der Waals surface area contributed by atoms with E-state index in [-0.39, 0.29) is 23.8 Å². The quantitative estimate of drug-likeness (QED) is 0.462. The molecular formula is C31H38N4O2. The molecule has 37 heavy (non-hydrogen) atoms. The lowest BCUT2D eigenvalue weighted by Gasteiger charge is -2.45. The minimum Gasteiger partial charge on any atom is -0.351 e. The minimum absolute atomic E-state index is 0.0805. The van der Waals surface area contributed by atoms with Gasteiger partial charge in [0.15, 0.2) is 0 Å². The highest BCUT2D eigenvalue weighted by molar-refractivity contribution is 6.00. The molecule has 1 aromatic heterocycles. The number of fused-ring (bicyclic) bond motifs is 1. The van der Waals surface area contributed by atoms with E-state index < -0.39 is 5.54 Å². The fraction of sp³-hybridized carbons (Fsp3) is 0.452. The molecule has 194 valence electrons. The van der Waals surface area contributed by atoms with Crippen molar-refractivity contribution in [1.82, 2.24) is 20.0 Å². The third-order valence-electron chi connectivity index (χ3n) is 8.21. The maximum Gasteiger partial charge on any atom is 0.273 e. The fourth-order valence-corrected chi connectivity index (χ4v) is 5.73. The van der Waals surface area contributed by atoms with Crippen LogP contribution in [-0.2, 0) is 17.8 Å². The van der Waals surface area contributed by atoms with Gasteiger partial charge in [-0.15, -0.1) is 0 Å². The summed E-state index contributed by atoms with van der Waals surface area (Å²) in [5.74, 6) is -0.134. The highest BCUT2D eigenvalue weighted by Gasteiger charge is 2.48. The van der Waals surface area contributed by atoms with E-state index >= 15 is 0 Å². The molecule has 1 N–H and O–H groups in total. The maximum atomic E-state index is 14.0. The van der Waals surface area contributed by atoms with Crippen LogP contribution in [0.5, 0.6) is 0 Å². The second kappa shape index (κ2) is 10.5. The minimum atomic E-state index is -1.03. The molecule has 0 spiro atoms. The van der Waals surface area contributed by atoms with Crippen molar-refractivity contribution in [3.8, 4) is 11.3 Å². The molecular weight excluding hydrogens is 460 g/mol. The van der Waals surface area contributed by atoms with Gasteiger partial charge in [0.2, 0.25) is 5.91 Å². The molecule has 1 aliphatic heterocycles. The summed E-state index contributed by atoms with van der Waals surface area (Å²) in [6, 6.07) is 20.6. The molecule has 1 saturated carbocycles. The number of hydrogen-bond acceptors (Lipinski definition) is 3. The molecule has 0 bridgehead atoms. The van der Waals surface area contributed by atoms with Gasteiger partial charge in [-0.2, -0.15) is 5.10 Å². The van der Waals surface area contributed by atoms with Gasteiger partial charge >= 0.3 is 0 Å². The summed E-state index contributed by atoms with van der Waals surface area (Å²) >= 11 is 0. The smallest absolute Gasteiger partial charge is 0.273 e. The summed E-state index contributed by atoms with van der Waals surface area (Å²) in [7, 11) is 0. The maximum absolute atomic E-state index is 14.0. The zero-order valence-electron chi connectivity index (χ0n) is 22.2. The third-order valence-corrected chi connectivity index (χ3v) is 8.21. The van der Waals surface area contributed by atoms with Crippen molar-refractivity contribution in [2.45, 2.75) is 83.3 Å². The standard InChI is InChI=1S/C31H38N4O2/c1-4-23-15-17-25(18-16-23)27-19-28-29(36)34(20-22(2)24-11-7-5-8-12-24)31(3,21-35(28)33-27)30(37)32-26-13-9-6-10-14-26/h5,7-8,11-12,15-19,22,26H,4,6,9-10,13-14,20-21H2,1-3H3,(H,32,37). The molecule has 1 aliphatic carbocycles. The average molecular weight is 499 g/mol. The molecule has 2 aromatic carbocycles. The Hall–Kier alpha value is -3.41. The van der Waals surface area contributed by atoms with Crippen molar-refractivity contribution in [3.05, 3.63) is 77.5 Å². The van der Waals surface area contributed by atoms with E-state index in [4.69, 9.17) is 5.10 Å². The summed E-state index contributed by atoms with van der Waals surface area (Å²) in [5.41, 5.74) is 3.67. The summed E-state index contributed by atoms with van der Waals surface area (Å²) < 4.78 is 1.75. The van der Waals surface area contributed by atoms with Crippen molar-refractivity contribution in [1.29, 1.82) is 0 Å². The first-order chi connectivity index (χ1) is 17.9. The SMILES string of the molecule is CCc1ccc(-c2cc3n(n2)CC(C)(C(=O)NC2CCCCC2)N(CC(C)c2ccccc2)C3=O)cc1. The zero-order chi connectivity index (χ0) is 26.0. The van der Waals surface area contributed by atoms with Crippen LogP contribution in [0.2, 0.25) is 0 Å². The van der Waals surface area contributed by atoms with Crippen molar-refractivity contribution in [3.63, 3.8) is 0 Å². The molecule has 1 fully saturated rings. The predicted molar refractivity (Wildman–Crippen MR) is 146 cm³/mol. The lowest BCUT2D eigenvalue weighted by Crippen LogP contribution is -2.65. The van der Waals surface area contributed by atoms with Crippen LogP contribution < -0.4 is 5.32 Å². The molecule has 2 unspecified atom stereocenters.